The van der Waals surface area contributed by atoms with Crippen LogP contribution in [-0.2, 0) is 14.3 Å². The van der Waals surface area contributed by atoms with E-state index in [4.69, 9.17) is 4.74 Å². The van der Waals surface area contributed by atoms with Crippen molar-refractivity contribution in [2.24, 2.45) is 17.8 Å². The molecule has 2 aliphatic carbocycles. The van der Waals surface area contributed by atoms with Crippen LogP contribution in [0, 0.1) is 17.8 Å². The Morgan fingerprint density at radius 1 is 1.53 bits per heavy atom. The van der Waals surface area contributed by atoms with E-state index in [1.165, 1.54) is 0 Å². The van der Waals surface area contributed by atoms with E-state index in [0.29, 0.717) is 32.3 Å². The lowest BCUT2D eigenvalue weighted by molar-refractivity contribution is -0.151. The van der Waals surface area contributed by atoms with Crippen molar-refractivity contribution in [3.63, 3.8) is 0 Å². The molecular weight excluding hydrogens is 244 g/mol. The van der Waals surface area contributed by atoms with Gasteiger partial charge in [-0.05, 0) is 25.7 Å². The minimum absolute atomic E-state index is 0.0912. The number of ether oxygens (including phenoxy) is 1. The Labute approximate surface area is 113 Å². The number of aliphatic hydroxyl groups is 1. The van der Waals surface area contributed by atoms with Crippen molar-refractivity contribution in [2.75, 3.05) is 6.61 Å². The molecule has 0 saturated heterocycles. The lowest BCUT2D eigenvalue weighted by Gasteiger charge is -2.34. The zero-order valence-electron chi connectivity index (χ0n) is 11.6. The average Bonchev–Trinajstić information content (AvgIpc) is 2.64. The van der Waals surface area contributed by atoms with Gasteiger partial charge < -0.3 is 9.84 Å². The summed E-state index contributed by atoms with van der Waals surface area (Å²) in [5.41, 5.74) is -1.25. The van der Waals surface area contributed by atoms with Gasteiger partial charge in [-0.25, -0.2) is 0 Å². The third-order valence-corrected chi connectivity index (χ3v) is 4.57. The van der Waals surface area contributed by atoms with Crippen molar-refractivity contribution in [3.8, 4) is 0 Å². The summed E-state index contributed by atoms with van der Waals surface area (Å²) < 4.78 is 5.11. The highest BCUT2D eigenvalue weighted by atomic mass is 16.5. The van der Waals surface area contributed by atoms with E-state index in [1.54, 1.807) is 6.92 Å². The number of Topliss-reactive ketones (excluding diaryl/α,β-unsaturated/α-hetero) is 1. The lowest BCUT2D eigenvalue weighted by Crippen LogP contribution is -2.43. The first-order chi connectivity index (χ1) is 9.04. The van der Waals surface area contributed by atoms with Gasteiger partial charge in [0.25, 0.3) is 0 Å². The Morgan fingerprint density at radius 3 is 2.89 bits per heavy atom. The van der Waals surface area contributed by atoms with Crippen LogP contribution >= 0.6 is 0 Å². The fraction of sp³-hybridized carbons (Fsp3) is 0.733. The van der Waals surface area contributed by atoms with Crippen molar-refractivity contribution >= 4 is 11.8 Å². The molecule has 0 aromatic rings. The zero-order valence-corrected chi connectivity index (χ0v) is 11.6. The van der Waals surface area contributed by atoms with Crippen LogP contribution < -0.4 is 0 Å². The zero-order chi connectivity index (χ0) is 14.0. The molecule has 1 fully saturated rings. The maximum Gasteiger partial charge on any atom is 0.309 e. The highest BCUT2D eigenvalue weighted by Gasteiger charge is 2.56. The molecule has 4 nitrogen and oxygen atoms in total. The molecule has 1 saturated carbocycles. The van der Waals surface area contributed by atoms with Crippen LogP contribution in [0.4, 0.5) is 0 Å². The van der Waals surface area contributed by atoms with Gasteiger partial charge in [0.1, 0.15) is 5.60 Å². The molecule has 0 spiro atoms. The molecular formula is C15H22O4. The highest BCUT2D eigenvalue weighted by molar-refractivity contribution is 5.91. The van der Waals surface area contributed by atoms with Crippen molar-refractivity contribution in [1.82, 2.24) is 0 Å². The van der Waals surface area contributed by atoms with Gasteiger partial charge in [-0.2, -0.15) is 0 Å². The van der Waals surface area contributed by atoms with Crippen LogP contribution in [0.5, 0.6) is 0 Å². The summed E-state index contributed by atoms with van der Waals surface area (Å²) in [7, 11) is 0. The van der Waals surface area contributed by atoms with E-state index in [0.717, 1.165) is 0 Å². The second-order valence-corrected chi connectivity index (χ2v) is 5.50. The Kier molecular flexibility index (Phi) is 4.09. The summed E-state index contributed by atoms with van der Waals surface area (Å²) in [5.74, 6) is -0.864. The monoisotopic (exact) mass is 266 g/mol. The van der Waals surface area contributed by atoms with Crippen LogP contribution in [0.25, 0.3) is 0 Å². The van der Waals surface area contributed by atoms with Gasteiger partial charge in [0.2, 0.25) is 0 Å². The van der Waals surface area contributed by atoms with E-state index in [-0.39, 0.29) is 29.5 Å². The fourth-order valence-corrected chi connectivity index (χ4v) is 3.55. The minimum atomic E-state index is -1.25. The average molecular weight is 266 g/mol. The van der Waals surface area contributed by atoms with Gasteiger partial charge in [0.15, 0.2) is 5.78 Å². The molecule has 106 valence electrons. The van der Waals surface area contributed by atoms with Gasteiger partial charge in [-0.3, -0.25) is 9.59 Å². The molecule has 0 aromatic carbocycles. The van der Waals surface area contributed by atoms with Gasteiger partial charge in [0, 0.05) is 18.8 Å². The maximum absolute atomic E-state index is 12.1. The molecule has 0 aromatic heterocycles. The maximum atomic E-state index is 12.1. The lowest BCUT2D eigenvalue weighted by atomic mass is 9.73. The molecule has 0 aliphatic heterocycles. The first-order valence-corrected chi connectivity index (χ1v) is 7.11. The Bertz CT molecular complexity index is 401. The van der Waals surface area contributed by atoms with Crippen LogP contribution in [0.3, 0.4) is 0 Å². The summed E-state index contributed by atoms with van der Waals surface area (Å²) >= 11 is 0. The number of hydrogen-bond acceptors (Lipinski definition) is 4. The predicted octanol–water partition coefficient (Wildman–Crippen LogP) is 1.86. The summed E-state index contributed by atoms with van der Waals surface area (Å²) in [4.78, 5) is 24.1. The molecule has 1 unspecified atom stereocenters. The van der Waals surface area contributed by atoms with E-state index in [2.05, 4.69) is 0 Å². The number of ketones is 1. The van der Waals surface area contributed by atoms with Crippen molar-refractivity contribution < 1.29 is 19.4 Å². The van der Waals surface area contributed by atoms with Crippen molar-refractivity contribution in [2.45, 2.75) is 45.1 Å². The molecule has 0 amide bonds. The number of carbonyl (C=O) groups excluding carboxylic acids is 2. The number of esters is 1. The number of fused-ring (bicyclic) bond motifs is 1. The molecule has 2 rings (SSSR count). The van der Waals surface area contributed by atoms with Crippen molar-refractivity contribution in [3.05, 3.63) is 12.2 Å². The topological polar surface area (TPSA) is 63.6 Å². The van der Waals surface area contributed by atoms with E-state index >= 15 is 0 Å². The van der Waals surface area contributed by atoms with E-state index in [1.807, 2.05) is 19.1 Å². The standard InChI is InChI=1S/C15H22O4/c1-3-10(14(17)19-4-2)11-9-13(16)15(18)8-6-5-7-12(11)15/h5-6,10-12,18H,3-4,7-9H2,1-2H3/t10-,11?,12+,15+/m0/s1. The molecule has 4 atom stereocenters. The summed E-state index contributed by atoms with van der Waals surface area (Å²) in [6.07, 6.45) is 5.85. The molecule has 0 radical (unpaired) electrons. The summed E-state index contributed by atoms with van der Waals surface area (Å²) in [6, 6.07) is 0. The number of carbonyl (C=O) groups is 2. The smallest absolute Gasteiger partial charge is 0.309 e. The molecule has 4 heteroatoms. The molecule has 1 N–H and O–H groups in total. The normalized spacial score (nSPS) is 35.0. The second kappa shape index (κ2) is 5.45. The van der Waals surface area contributed by atoms with Gasteiger partial charge >= 0.3 is 5.97 Å². The van der Waals surface area contributed by atoms with E-state index < -0.39 is 5.60 Å². The summed E-state index contributed by atoms with van der Waals surface area (Å²) in [6.45, 7) is 4.07. The third-order valence-electron chi connectivity index (χ3n) is 4.57. The van der Waals surface area contributed by atoms with Gasteiger partial charge in [0.05, 0.1) is 12.5 Å². The first-order valence-electron chi connectivity index (χ1n) is 7.11. The second-order valence-electron chi connectivity index (χ2n) is 5.50. The minimum Gasteiger partial charge on any atom is -0.466 e. The summed E-state index contributed by atoms with van der Waals surface area (Å²) in [5, 5.41) is 10.6. The van der Waals surface area contributed by atoms with Gasteiger partial charge in [-0.1, -0.05) is 19.1 Å². The Morgan fingerprint density at radius 2 is 2.26 bits per heavy atom. The SMILES string of the molecule is CCOC(=O)[C@@H](CC)C1CC(=O)[C@@]2(O)CC=CC[C@H]12. The van der Waals surface area contributed by atoms with E-state index in [9.17, 15) is 14.7 Å². The third kappa shape index (κ3) is 2.34. The number of allylic oxidation sites excluding steroid dienone is 1. The largest absolute Gasteiger partial charge is 0.466 e. The van der Waals surface area contributed by atoms with Crippen molar-refractivity contribution in [1.29, 1.82) is 0 Å². The Balaban J connectivity index is 2.22. The van der Waals surface area contributed by atoms with Crippen LogP contribution in [-0.4, -0.2) is 29.1 Å². The molecule has 0 bridgehead atoms. The fourth-order valence-electron chi connectivity index (χ4n) is 3.55. The van der Waals surface area contributed by atoms with Crippen LogP contribution in [0.1, 0.15) is 39.5 Å². The molecule has 0 heterocycles. The highest BCUT2D eigenvalue weighted by Crippen LogP contribution is 2.48. The molecule has 19 heavy (non-hydrogen) atoms. The quantitative estimate of drug-likeness (QED) is 0.623. The molecule has 2 aliphatic rings. The van der Waals surface area contributed by atoms with Crippen LogP contribution in [0.15, 0.2) is 12.2 Å². The van der Waals surface area contributed by atoms with Crippen LogP contribution in [0.2, 0.25) is 0 Å². The first kappa shape index (κ1) is 14.3. The van der Waals surface area contributed by atoms with Gasteiger partial charge in [-0.15, -0.1) is 0 Å². The predicted molar refractivity (Wildman–Crippen MR) is 70.3 cm³/mol. The Hall–Kier alpha value is -1.16. The number of rotatable bonds is 4. The number of hydrogen-bond donors (Lipinski definition) is 1.